The first-order valence-electron chi connectivity index (χ1n) is 6.09. The lowest BCUT2D eigenvalue weighted by atomic mass is 10.0. The molecule has 108 valence electrons. The highest BCUT2D eigenvalue weighted by Crippen LogP contribution is 2.27. The van der Waals surface area contributed by atoms with E-state index < -0.39 is 0 Å². The van der Waals surface area contributed by atoms with Crippen molar-refractivity contribution in [2.75, 3.05) is 13.7 Å². The second-order valence-corrected chi connectivity index (χ2v) is 4.65. The number of nitrogens with two attached hydrogens (primary N) is 1. The molecule has 0 aliphatic rings. The number of benzene rings is 1. The van der Waals surface area contributed by atoms with E-state index in [0.717, 1.165) is 11.3 Å². The molecule has 0 fully saturated rings. The average Bonchev–Trinajstić information content (AvgIpc) is 2.81. The molecule has 20 heavy (non-hydrogen) atoms. The van der Waals surface area contributed by atoms with Crippen LogP contribution in [0.3, 0.4) is 0 Å². The van der Waals surface area contributed by atoms with Gasteiger partial charge in [0.05, 0.1) is 36.1 Å². The molecule has 3 N–H and O–H groups in total. The number of hydrogen-bond donors (Lipinski definition) is 2. The Kier molecular flexibility index (Phi) is 5.08. The van der Waals surface area contributed by atoms with Crippen LogP contribution in [-0.4, -0.2) is 23.5 Å². The lowest BCUT2D eigenvalue weighted by molar-refractivity contribution is 0.182. The summed E-state index contributed by atoms with van der Waals surface area (Å²) < 4.78 is 19.8. The van der Waals surface area contributed by atoms with E-state index in [1.807, 2.05) is 0 Å². The van der Waals surface area contributed by atoms with Crippen molar-refractivity contribution in [3.8, 4) is 0 Å². The lowest BCUT2D eigenvalue weighted by Crippen LogP contribution is -2.31. The fraction of sp³-hybridized carbons (Fsp3) is 0.308. The van der Waals surface area contributed by atoms with Crippen molar-refractivity contribution in [2.45, 2.75) is 12.6 Å². The molecule has 5 nitrogen and oxygen atoms in total. The van der Waals surface area contributed by atoms with Gasteiger partial charge < -0.3 is 4.74 Å². The summed E-state index contributed by atoms with van der Waals surface area (Å²) in [5, 5.41) is 4.69. The fourth-order valence-electron chi connectivity index (χ4n) is 2.00. The summed E-state index contributed by atoms with van der Waals surface area (Å²) in [5.74, 6) is 5.32. The lowest BCUT2D eigenvalue weighted by Gasteiger charge is -2.19. The number of aromatic nitrogens is 2. The Morgan fingerprint density at radius 3 is 2.75 bits per heavy atom. The number of hydrogen-bond acceptors (Lipinski definition) is 4. The van der Waals surface area contributed by atoms with E-state index >= 15 is 0 Å². The van der Waals surface area contributed by atoms with E-state index in [1.165, 1.54) is 12.1 Å². The van der Waals surface area contributed by atoms with Gasteiger partial charge in [0.1, 0.15) is 5.82 Å². The molecule has 1 aromatic carbocycles. The van der Waals surface area contributed by atoms with Gasteiger partial charge in [-0.3, -0.25) is 10.5 Å². The average molecular weight is 299 g/mol. The van der Waals surface area contributed by atoms with E-state index in [4.69, 9.17) is 22.2 Å². The molecule has 1 atom stereocenters. The first-order valence-corrected chi connectivity index (χ1v) is 6.47. The van der Waals surface area contributed by atoms with E-state index in [0.29, 0.717) is 18.2 Å². The zero-order chi connectivity index (χ0) is 14.5. The largest absolute Gasteiger partial charge is 0.383 e. The second-order valence-electron chi connectivity index (χ2n) is 4.24. The topological polar surface area (TPSA) is 65.1 Å². The van der Waals surface area contributed by atoms with E-state index in [9.17, 15) is 4.39 Å². The zero-order valence-corrected chi connectivity index (χ0v) is 11.8. The van der Waals surface area contributed by atoms with Gasteiger partial charge in [-0.15, -0.1) is 0 Å². The van der Waals surface area contributed by atoms with Gasteiger partial charge in [0.25, 0.3) is 0 Å². The number of rotatable bonds is 6. The molecule has 0 bridgehead atoms. The number of halogens is 2. The quantitative estimate of drug-likeness (QED) is 0.631. The molecule has 0 amide bonds. The summed E-state index contributed by atoms with van der Waals surface area (Å²) in [4.78, 5) is 0. The maximum absolute atomic E-state index is 13.0. The maximum atomic E-state index is 13.0. The van der Waals surface area contributed by atoms with Gasteiger partial charge in [0, 0.05) is 7.11 Å². The Balaban J connectivity index is 2.35. The van der Waals surface area contributed by atoms with Crippen LogP contribution in [0.5, 0.6) is 0 Å². The molecule has 0 spiro atoms. The van der Waals surface area contributed by atoms with Crippen molar-refractivity contribution >= 4 is 11.6 Å². The number of nitrogens with one attached hydrogen (secondary N) is 1. The maximum Gasteiger partial charge on any atom is 0.123 e. The monoisotopic (exact) mass is 298 g/mol. The summed E-state index contributed by atoms with van der Waals surface area (Å²) in [6, 6.07) is 5.70. The van der Waals surface area contributed by atoms with Crippen molar-refractivity contribution in [3.05, 3.63) is 52.6 Å². The third-order valence-electron chi connectivity index (χ3n) is 2.98. The second kappa shape index (κ2) is 6.81. The molecule has 0 aliphatic heterocycles. The Morgan fingerprint density at radius 1 is 1.45 bits per heavy atom. The van der Waals surface area contributed by atoms with Crippen LogP contribution in [-0.2, 0) is 11.3 Å². The first kappa shape index (κ1) is 14.9. The van der Waals surface area contributed by atoms with Gasteiger partial charge >= 0.3 is 0 Å². The minimum Gasteiger partial charge on any atom is -0.383 e. The summed E-state index contributed by atoms with van der Waals surface area (Å²) in [7, 11) is 1.61. The molecule has 1 heterocycles. The van der Waals surface area contributed by atoms with Gasteiger partial charge in [-0.1, -0.05) is 23.7 Å². The SMILES string of the molecule is COCCn1ncc(Cl)c1C(NN)c1ccc(F)cc1. The first-order chi connectivity index (χ1) is 9.67. The van der Waals surface area contributed by atoms with E-state index in [1.54, 1.807) is 30.1 Å². The molecule has 0 radical (unpaired) electrons. The number of hydrazine groups is 1. The third kappa shape index (κ3) is 3.16. The van der Waals surface area contributed by atoms with Crippen LogP contribution < -0.4 is 11.3 Å². The summed E-state index contributed by atoms with van der Waals surface area (Å²) in [6.45, 7) is 1.06. The summed E-state index contributed by atoms with van der Waals surface area (Å²) in [5.41, 5.74) is 4.21. The molecule has 0 saturated heterocycles. The Hall–Kier alpha value is -1.47. The van der Waals surface area contributed by atoms with Crippen LogP contribution in [0.1, 0.15) is 17.3 Å². The van der Waals surface area contributed by atoms with Crippen molar-refractivity contribution in [3.63, 3.8) is 0 Å². The molecular weight excluding hydrogens is 283 g/mol. The van der Waals surface area contributed by atoms with Crippen molar-refractivity contribution in [2.24, 2.45) is 5.84 Å². The fourth-order valence-corrected chi connectivity index (χ4v) is 2.25. The Bertz CT molecular complexity index is 558. The molecule has 2 aromatic rings. The number of methoxy groups -OCH3 is 1. The van der Waals surface area contributed by atoms with Crippen LogP contribution in [0.15, 0.2) is 30.5 Å². The standard InChI is InChI=1S/C13H16ClFN4O/c1-20-7-6-19-13(11(14)8-17-19)12(18-16)9-2-4-10(15)5-3-9/h2-5,8,12,18H,6-7,16H2,1H3. The van der Waals surface area contributed by atoms with Crippen LogP contribution in [0.2, 0.25) is 5.02 Å². The third-order valence-corrected chi connectivity index (χ3v) is 3.28. The van der Waals surface area contributed by atoms with Crippen LogP contribution in [0.25, 0.3) is 0 Å². The normalized spacial score (nSPS) is 12.6. The summed E-state index contributed by atoms with van der Waals surface area (Å²) in [6.07, 6.45) is 1.56. The Labute approximate surface area is 121 Å². The molecular formula is C13H16ClFN4O. The van der Waals surface area contributed by atoms with Gasteiger partial charge in [0.2, 0.25) is 0 Å². The molecule has 2 rings (SSSR count). The minimum absolute atomic E-state index is 0.302. The predicted octanol–water partition coefficient (Wildman–Crippen LogP) is 1.87. The smallest absolute Gasteiger partial charge is 0.123 e. The van der Waals surface area contributed by atoms with Crippen LogP contribution in [0, 0.1) is 5.82 Å². The predicted molar refractivity (Wildman–Crippen MR) is 74.7 cm³/mol. The highest BCUT2D eigenvalue weighted by molar-refractivity contribution is 6.31. The van der Waals surface area contributed by atoms with Gasteiger partial charge in [0.15, 0.2) is 0 Å². The van der Waals surface area contributed by atoms with E-state index in [-0.39, 0.29) is 11.9 Å². The highest BCUT2D eigenvalue weighted by Gasteiger charge is 2.21. The van der Waals surface area contributed by atoms with Crippen LogP contribution in [0.4, 0.5) is 4.39 Å². The minimum atomic E-state index is -0.373. The van der Waals surface area contributed by atoms with Crippen molar-refractivity contribution < 1.29 is 9.13 Å². The number of ether oxygens (including phenoxy) is 1. The molecule has 1 aromatic heterocycles. The summed E-state index contributed by atoms with van der Waals surface area (Å²) >= 11 is 6.18. The zero-order valence-electron chi connectivity index (χ0n) is 11.0. The van der Waals surface area contributed by atoms with Crippen LogP contribution >= 0.6 is 11.6 Å². The van der Waals surface area contributed by atoms with E-state index in [2.05, 4.69) is 10.5 Å². The van der Waals surface area contributed by atoms with Crippen molar-refractivity contribution in [1.29, 1.82) is 0 Å². The van der Waals surface area contributed by atoms with Gasteiger partial charge in [-0.05, 0) is 17.7 Å². The van der Waals surface area contributed by atoms with Crippen molar-refractivity contribution in [1.82, 2.24) is 15.2 Å². The number of nitrogens with zero attached hydrogens (tertiary/aromatic N) is 2. The molecule has 0 aliphatic carbocycles. The molecule has 7 heteroatoms. The van der Waals surface area contributed by atoms with Gasteiger partial charge in [-0.2, -0.15) is 5.10 Å². The molecule has 0 saturated carbocycles. The van der Waals surface area contributed by atoms with Gasteiger partial charge in [-0.25, -0.2) is 9.82 Å². The Morgan fingerprint density at radius 2 is 2.15 bits per heavy atom. The highest BCUT2D eigenvalue weighted by atomic mass is 35.5. The molecule has 1 unspecified atom stereocenters.